The van der Waals surface area contributed by atoms with Gasteiger partial charge in [0.15, 0.2) is 48.4 Å². The molecule has 30 heteroatoms. The Kier molecular flexibility index (Phi) is 11.2. The normalized spacial score (nSPS) is 13.2. The number of halogens is 3. The molecule has 4 aromatic carbocycles. The van der Waals surface area contributed by atoms with Crippen LogP contribution in [-0.4, -0.2) is 81.8 Å². The summed E-state index contributed by atoms with van der Waals surface area (Å²) in [7, 11) is -18.1. The van der Waals surface area contributed by atoms with Gasteiger partial charge in [-0.25, -0.2) is 22.6 Å². The van der Waals surface area contributed by atoms with Gasteiger partial charge in [0, 0.05) is 11.8 Å². The highest BCUT2D eigenvalue weighted by Crippen LogP contribution is 2.52. The summed E-state index contributed by atoms with van der Waals surface area (Å²) in [6, 6.07) is 7.47. The summed E-state index contributed by atoms with van der Waals surface area (Å²) in [4.78, 5) is 18.8. The first-order valence-electron chi connectivity index (χ1n) is 16.2. The number of fused-ring (bicyclic) bond motifs is 4. The molecule has 7 rings (SSSR count). The molecular formula is C31H23Cl3N8O15S4. The molecule has 0 amide bonds. The third kappa shape index (κ3) is 8.66. The van der Waals surface area contributed by atoms with Gasteiger partial charge in [0.1, 0.15) is 32.1 Å². The van der Waals surface area contributed by atoms with E-state index in [9.17, 15) is 42.8 Å². The zero-order valence-electron chi connectivity index (χ0n) is 30.2. The van der Waals surface area contributed by atoms with Crippen LogP contribution in [0.25, 0.3) is 0 Å². The van der Waals surface area contributed by atoms with Crippen LogP contribution in [0, 0.1) is 6.92 Å². The maximum absolute atomic E-state index is 13.1. The first kappa shape index (κ1) is 43.9. The second-order valence-corrected chi connectivity index (χ2v) is 19.4. The van der Waals surface area contributed by atoms with Gasteiger partial charge in [-0.15, -0.1) is 0 Å². The van der Waals surface area contributed by atoms with Crippen molar-refractivity contribution in [2.45, 2.75) is 21.6 Å². The average Bonchev–Trinajstić information content (AvgIpc) is 3.14. The fraction of sp³-hybridized carbons (Fsp3) is 0.129. The topological polar surface area (TPSA) is 348 Å². The fourth-order valence-corrected chi connectivity index (χ4v) is 9.59. The van der Waals surface area contributed by atoms with Crippen LogP contribution in [0.5, 0.6) is 28.7 Å². The lowest BCUT2D eigenvalue weighted by atomic mass is 10.1. The van der Waals surface area contributed by atoms with Crippen LogP contribution < -0.4 is 41.3 Å². The summed E-state index contributed by atoms with van der Waals surface area (Å²) in [5.74, 6) is -3.65. The Morgan fingerprint density at radius 2 is 1.38 bits per heavy atom. The molecule has 0 atom stereocenters. The Morgan fingerprint density at radius 1 is 0.770 bits per heavy atom. The molecule has 0 saturated carbocycles. The second-order valence-electron chi connectivity index (χ2n) is 12.4. The smallest absolute Gasteiger partial charge is 0.397 e. The van der Waals surface area contributed by atoms with Gasteiger partial charge in [0.2, 0.25) is 17.2 Å². The highest BCUT2D eigenvalue weighted by Gasteiger charge is 2.36. The Hall–Kier alpha value is -5.20. The van der Waals surface area contributed by atoms with Crippen molar-refractivity contribution < 1.29 is 65.7 Å². The van der Waals surface area contributed by atoms with Crippen molar-refractivity contribution in [1.82, 2.24) is 15.0 Å². The van der Waals surface area contributed by atoms with E-state index in [1.54, 1.807) is 0 Å². The molecule has 0 aliphatic carbocycles. The van der Waals surface area contributed by atoms with Crippen molar-refractivity contribution in [3.63, 3.8) is 0 Å². The molecule has 322 valence electrons. The lowest BCUT2D eigenvalue weighted by Gasteiger charge is -2.24. The maximum atomic E-state index is 13.1. The number of nitrogen functional groups attached to an aromatic ring is 1. The van der Waals surface area contributed by atoms with Crippen molar-refractivity contribution >= 4 is 116 Å². The molecule has 3 heterocycles. The van der Waals surface area contributed by atoms with Crippen LogP contribution in [0.15, 0.2) is 61.1 Å². The molecular weight excluding hydrogens is 959 g/mol. The van der Waals surface area contributed by atoms with Gasteiger partial charge in [0.05, 0.1) is 35.7 Å². The van der Waals surface area contributed by atoms with E-state index in [4.69, 9.17) is 59.3 Å². The van der Waals surface area contributed by atoms with E-state index in [2.05, 4.69) is 39.8 Å². The number of hydrogen-bond acceptors (Lipinski definition) is 20. The van der Waals surface area contributed by atoms with E-state index in [1.165, 1.54) is 38.3 Å². The zero-order valence-corrected chi connectivity index (χ0v) is 35.7. The Morgan fingerprint density at radius 3 is 1.98 bits per heavy atom. The zero-order chi connectivity index (χ0) is 44.6. The van der Waals surface area contributed by atoms with Gasteiger partial charge in [0.25, 0.3) is 20.2 Å². The molecule has 0 saturated heterocycles. The van der Waals surface area contributed by atoms with Crippen molar-refractivity contribution in [3.05, 3.63) is 68.0 Å². The van der Waals surface area contributed by atoms with E-state index in [0.29, 0.717) is 0 Å². The first-order chi connectivity index (χ1) is 28.4. The number of nitrogens with zero attached hydrogens (tertiary/aromatic N) is 5. The van der Waals surface area contributed by atoms with Crippen LogP contribution in [0.1, 0.15) is 5.56 Å². The second kappa shape index (κ2) is 15.6. The van der Waals surface area contributed by atoms with Gasteiger partial charge in [-0.3, -0.25) is 13.7 Å². The van der Waals surface area contributed by atoms with Gasteiger partial charge < -0.3 is 30.6 Å². The minimum Gasteiger partial charge on any atom is -0.494 e. The largest absolute Gasteiger partial charge is 0.494 e. The van der Waals surface area contributed by atoms with E-state index < -0.39 is 96.8 Å². The van der Waals surface area contributed by atoms with Gasteiger partial charge in [-0.2, -0.15) is 40.2 Å². The van der Waals surface area contributed by atoms with Crippen molar-refractivity contribution in [3.8, 4) is 28.7 Å². The molecule has 0 fully saturated rings. The van der Waals surface area contributed by atoms with E-state index in [-0.39, 0.29) is 71.4 Å². The molecule has 61 heavy (non-hydrogen) atoms. The number of hydrogen-bond donors (Lipinski definition) is 6. The van der Waals surface area contributed by atoms with Crippen LogP contribution >= 0.6 is 34.8 Å². The van der Waals surface area contributed by atoms with Crippen LogP contribution in [0.2, 0.25) is 15.3 Å². The predicted molar refractivity (Wildman–Crippen MR) is 214 cm³/mol. The number of aryl methyl sites for hydroxylation is 1. The molecule has 0 unspecified atom stereocenters. The SMILES string of the molecule is COc1cc(Nc2nc(Cl)nc(Nc3cccc(S(=O)(=O)CCOS(=O)(=O)O)c3)n2)c(S(=O)(=O)O)c2c1N=c1c(Cl)c3c(c(Cl)c1O2)=Nc1cc(C)c(N)c(S(=O)(=O)O)c1O3. The molecule has 2 aliphatic rings. The summed E-state index contributed by atoms with van der Waals surface area (Å²) in [6.45, 7) is 0.574. The van der Waals surface area contributed by atoms with Crippen LogP contribution in [0.3, 0.4) is 0 Å². The molecule has 7 N–H and O–H groups in total. The predicted octanol–water partition coefficient (Wildman–Crippen LogP) is 4.42. The number of nitrogens with two attached hydrogens (primary N) is 1. The number of methoxy groups -OCH3 is 1. The Balaban J connectivity index is 1.29. The molecule has 0 bridgehead atoms. The highest BCUT2D eigenvalue weighted by molar-refractivity contribution is 7.91. The minimum atomic E-state index is -5.29. The Labute approximate surface area is 358 Å². The van der Waals surface area contributed by atoms with Crippen LogP contribution in [-0.2, 0) is 44.7 Å². The standard InChI is InChI=1S/C31H23Cl3N8O15S4/c1-11-8-14-23(28(19(11)35)60(48,49)50)56-24-18(33)22-25(17(32)21(24)37-14)57-26-20(39-22)16(54-2)10-15(27(26)59(45,46)47)38-31-41-29(34)40-30(42-31)36-12-4-3-5-13(9-12)58(43,44)7-6-55-61(51,52)53/h3-5,8-10H,6-7,35H2,1-2H3,(H,45,46,47)(H,48,49,50)(H,51,52,53)(H2,36,38,40,41,42). The lowest BCUT2D eigenvalue weighted by molar-refractivity contribution is 0.284. The molecule has 0 spiro atoms. The third-order valence-electron chi connectivity index (χ3n) is 8.37. The molecule has 0 radical (unpaired) electrons. The number of ether oxygens (including phenoxy) is 3. The molecule has 1 aromatic heterocycles. The minimum absolute atomic E-state index is 0.0734. The molecule has 2 aliphatic heterocycles. The summed E-state index contributed by atoms with van der Waals surface area (Å²) in [6.07, 6.45) is 0. The third-order valence-corrected chi connectivity index (χ3v) is 13.2. The van der Waals surface area contributed by atoms with Crippen molar-refractivity contribution in [1.29, 1.82) is 0 Å². The van der Waals surface area contributed by atoms with E-state index in [0.717, 1.165) is 12.1 Å². The molecule has 23 nitrogen and oxygen atoms in total. The maximum Gasteiger partial charge on any atom is 0.397 e. The summed E-state index contributed by atoms with van der Waals surface area (Å²) < 4.78 is 149. The number of benzene rings is 4. The summed E-state index contributed by atoms with van der Waals surface area (Å²) >= 11 is 19.6. The quantitative estimate of drug-likeness (QED) is 0.0729. The summed E-state index contributed by atoms with van der Waals surface area (Å²) in [5.41, 5.74) is 4.93. The molecule has 5 aromatic rings. The first-order valence-corrected chi connectivity index (χ1v) is 23.3. The van der Waals surface area contributed by atoms with Gasteiger partial charge >= 0.3 is 10.4 Å². The number of aromatic nitrogens is 3. The highest BCUT2D eigenvalue weighted by atomic mass is 35.5. The van der Waals surface area contributed by atoms with Crippen molar-refractivity contribution in [2.75, 3.05) is 35.8 Å². The number of anilines is 5. The van der Waals surface area contributed by atoms with Gasteiger partial charge in [-0.1, -0.05) is 29.3 Å². The van der Waals surface area contributed by atoms with E-state index >= 15 is 0 Å². The monoisotopic (exact) mass is 980 g/mol. The number of nitrogens with one attached hydrogen (secondary N) is 2. The van der Waals surface area contributed by atoms with Gasteiger partial charge in [-0.05, 0) is 48.4 Å². The number of rotatable bonds is 12. The Bertz CT molecular complexity index is 3350. The van der Waals surface area contributed by atoms with Crippen LogP contribution in [0.4, 0.5) is 40.3 Å². The van der Waals surface area contributed by atoms with Crippen molar-refractivity contribution in [2.24, 2.45) is 9.98 Å². The fourth-order valence-electron chi connectivity index (χ4n) is 5.81. The lowest BCUT2D eigenvalue weighted by Crippen LogP contribution is -2.23. The summed E-state index contributed by atoms with van der Waals surface area (Å²) in [5, 5.41) is 3.57. The average molecular weight is 982 g/mol. The van der Waals surface area contributed by atoms with E-state index in [1.807, 2.05) is 0 Å². The number of sulfone groups is 1.